The van der Waals surface area contributed by atoms with Gasteiger partial charge in [-0.3, -0.25) is 4.79 Å². The summed E-state index contributed by atoms with van der Waals surface area (Å²) in [6.07, 6.45) is 4.89. The third-order valence-electron chi connectivity index (χ3n) is 6.29. The van der Waals surface area contributed by atoms with Gasteiger partial charge in [0.05, 0.1) is 17.5 Å². The molecule has 0 bridgehead atoms. The molecule has 0 N–H and O–H groups in total. The first kappa shape index (κ1) is 21.4. The van der Waals surface area contributed by atoms with Crippen LogP contribution in [0.4, 0.5) is 0 Å². The van der Waals surface area contributed by atoms with Crippen molar-refractivity contribution in [1.82, 2.24) is 14.7 Å². The van der Waals surface area contributed by atoms with Gasteiger partial charge in [-0.25, -0.2) is 0 Å². The topological polar surface area (TPSA) is 47.4 Å². The van der Waals surface area contributed by atoms with Crippen LogP contribution in [0.2, 0.25) is 0 Å². The lowest BCUT2D eigenvalue weighted by atomic mass is 10.0. The molecule has 1 aliphatic heterocycles. The van der Waals surface area contributed by atoms with Crippen LogP contribution in [0.5, 0.6) is 5.88 Å². The van der Waals surface area contributed by atoms with Gasteiger partial charge in [0.2, 0.25) is 5.88 Å². The number of hydrogen-bond acceptors (Lipinski definition) is 4. The number of fused-ring (bicyclic) bond motifs is 1. The van der Waals surface area contributed by atoms with Gasteiger partial charge >= 0.3 is 0 Å². The van der Waals surface area contributed by atoms with E-state index in [0.29, 0.717) is 18.1 Å². The highest BCUT2D eigenvalue weighted by Crippen LogP contribution is 2.26. The van der Waals surface area contributed by atoms with Crippen LogP contribution in [0.1, 0.15) is 36.0 Å². The van der Waals surface area contributed by atoms with E-state index in [9.17, 15) is 4.79 Å². The van der Waals surface area contributed by atoms with Gasteiger partial charge in [0, 0.05) is 12.1 Å². The van der Waals surface area contributed by atoms with Crippen molar-refractivity contribution in [3.05, 3.63) is 84.4 Å². The third-order valence-corrected chi connectivity index (χ3v) is 6.29. The Hall–Kier alpha value is -3.44. The Bertz CT molecular complexity index is 1210. The summed E-state index contributed by atoms with van der Waals surface area (Å²) in [6.45, 7) is 4.02. The minimum Gasteiger partial charge on any atom is -0.476 e. The summed E-state index contributed by atoms with van der Waals surface area (Å²) in [4.78, 5) is 15.8. The van der Waals surface area contributed by atoms with Crippen LogP contribution in [0, 0.1) is 0 Å². The molecule has 2 heterocycles. The number of benzene rings is 3. The summed E-state index contributed by atoms with van der Waals surface area (Å²) in [5.41, 5.74) is 3.57. The first-order valence-corrected chi connectivity index (χ1v) is 11.8. The number of ether oxygens (including phenoxy) is 1. The number of likely N-dealkylation sites (tertiary alicyclic amines) is 1. The maximum absolute atomic E-state index is 13.3. The van der Waals surface area contributed by atoms with Crippen molar-refractivity contribution in [2.24, 2.45) is 0 Å². The van der Waals surface area contributed by atoms with E-state index in [1.165, 1.54) is 37.0 Å². The molecule has 168 valence electrons. The Labute approximate surface area is 194 Å². The van der Waals surface area contributed by atoms with E-state index in [1.807, 2.05) is 66.7 Å². The molecule has 3 aromatic carbocycles. The van der Waals surface area contributed by atoms with E-state index in [0.717, 1.165) is 35.0 Å². The number of aromatic nitrogens is 2. The predicted octanol–water partition coefficient (Wildman–Crippen LogP) is 5.65. The molecule has 0 saturated carbocycles. The molecular weight excluding hydrogens is 410 g/mol. The number of nitrogens with zero attached hydrogens (tertiary/aromatic N) is 3. The highest BCUT2D eigenvalue weighted by Gasteiger charge is 2.18. The van der Waals surface area contributed by atoms with Crippen molar-refractivity contribution in [3.63, 3.8) is 0 Å². The molecule has 1 aliphatic rings. The van der Waals surface area contributed by atoms with Crippen molar-refractivity contribution in [2.45, 2.75) is 25.7 Å². The normalized spacial score (nSPS) is 14.4. The standard InChI is InChI=1S/C28H29N3O2/c32-28(24-16-14-23(15-17-24)22-10-3-1-4-11-22)31-26-13-6-5-12-25(26)27(29-31)33-21-9-20-30-18-7-2-8-19-30/h1,3-6,10-17H,2,7-9,18-21H2. The van der Waals surface area contributed by atoms with Crippen LogP contribution >= 0.6 is 0 Å². The van der Waals surface area contributed by atoms with E-state index < -0.39 is 0 Å². The Morgan fingerprint density at radius 1 is 0.818 bits per heavy atom. The van der Waals surface area contributed by atoms with Gasteiger partial charge < -0.3 is 9.64 Å². The summed E-state index contributed by atoms with van der Waals surface area (Å²) >= 11 is 0. The molecule has 0 amide bonds. The van der Waals surface area contributed by atoms with Gasteiger partial charge in [0.1, 0.15) is 0 Å². The molecule has 0 unspecified atom stereocenters. The van der Waals surface area contributed by atoms with E-state index in [-0.39, 0.29) is 5.91 Å². The van der Waals surface area contributed by atoms with Crippen LogP contribution < -0.4 is 4.74 Å². The maximum atomic E-state index is 13.3. The lowest BCUT2D eigenvalue weighted by Crippen LogP contribution is -2.31. The van der Waals surface area contributed by atoms with E-state index in [4.69, 9.17) is 4.74 Å². The molecule has 1 saturated heterocycles. The number of piperidine rings is 1. The lowest BCUT2D eigenvalue weighted by molar-refractivity contribution is 0.0947. The van der Waals surface area contributed by atoms with Crippen molar-refractivity contribution < 1.29 is 9.53 Å². The van der Waals surface area contributed by atoms with Gasteiger partial charge in [0.15, 0.2) is 0 Å². The Morgan fingerprint density at radius 2 is 1.52 bits per heavy atom. The number of rotatable bonds is 7. The first-order chi connectivity index (χ1) is 16.3. The van der Waals surface area contributed by atoms with Crippen LogP contribution in [0.3, 0.4) is 0 Å². The van der Waals surface area contributed by atoms with Crippen molar-refractivity contribution in [1.29, 1.82) is 0 Å². The fourth-order valence-corrected chi connectivity index (χ4v) is 4.50. The monoisotopic (exact) mass is 439 g/mol. The van der Waals surface area contributed by atoms with E-state index in [2.05, 4.69) is 22.1 Å². The summed E-state index contributed by atoms with van der Waals surface area (Å²) in [5.74, 6) is 0.368. The Kier molecular flexibility index (Phi) is 6.49. The van der Waals surface area contributed by atoms with Gasteiger partial charge in [-0.2, -0.15) is 4.68 Å². The molecular formula is C28H29N3O2. The third kappa shape index (κ3) is 4.83. The van der Waals surface area contributed by atoms with Crippen LogP contribution in [0.25, 0.3) is 22.0 Å². The second kappa shape index (κ2) is 10.0. The van der Waals surface area contributed by atoms with Crippen LogP contribution in [0.15, 0.2) is 78.9 Å². The van der Waals surface area contributed by atoms with Crippen molar-refractivity contribution >= 4 is 16.8 Å². The molecule has 5 rings (SSSR count). The molecule has 0 atom stereocenters. The van der Waals surface area contributed by atoms with Gasteiger partial charge in [0.25, 0.3) is 5.91 Å². The summed E-state index contributed by atoms with van der Waals surface area (Å²) in [7, 11) is 0. The second-order valence-corrected chi connectivity index (χ2v) is 8.59. The zero-order valence-corrected chi connectivity index (χ0v) is 18.8. The SMILES string of the molecule is O=C(c1ccc(-c2ccccc2)cc1)n1nc(OCCCN2CCCCC2)c2ccccc21. The first-order valence-electron chi connectivity index (χ1n) is 11.8. The van der Waals surface area contributed by atoms with Crippen molar-refractivity contribution in [2.75, 3.05) is 26.2 Å². The number of carbonyl (C=O) groups is 1. The average molecular weight is 440 g/mol. The van der Waals surface area contributed by atoms with Gasteiger partial charge in [-0.15, -0.1) is 5.10 Å². The molecule has 0 spiro atoms. The molecule has 33 heavy (non-hydrogen) atoms. The Balaban J connectivity index is 1.31. The van der Waals surface area contributed by atoms with Gasteiger partial charge in [-0.05, 0) is 67.7 Å². The fraction of sp³-hybridized carbons (Fsp3) is 0.286. The molecule has 1 aromatic heterocycles. The molecule has 1 fully saturated rings. The lowest BCUT2D eigenvalue weighted by Gasteiger charge is -2.26. The molecule has 0 radical (unpaired) electrons. The zero-order valence-electron chi connectivity index (χ0n) is 18.8. The van der Waals surface area contributed by atoms with Gasteiger partial charge in [-0.1, -0.05) is 61.0 Å². The van der Waals surface area contributed by atoms with Crippen LogP contribution in [-0.2, 0) is 0 Å². The number of hydrogen-bond donors (Lipinski definition) is 0. The Morgan fingerprint density at radius 3 is 2.30 bits per heavy atom. The smallest absolute Gasteiger partial charge is 0.278 e. The summed E-state index contributed by atoms with van der Waals surface area (Å²) in [6, 6.07) is 25.6. The maximum Gasteiger partial charge on any atom is 0.278 e. The highest BCUT2D eigenvalue weighted by atomic mass is 16.5. The molecule has 0 aliphatic carbocycles. The highest BCUT2D eigenvalue weighted by molar-refractivity contribution is 6.02. The zero-order chi connectivity index (χ0) is 22.5. The average Bonchev–Trinajstić information content (AvgIpc) is 3.26. The fourth-order valence-electron chi connectivity index (χ4n) is 4.50. The molecule has 5 nitrogen and oxygen atoms in total. The number of para-hydroxylation sites is 1. The largest absolute Gasteiger partial charge is 0.476 e. The summed E-state index contributed by atoms with van der Waals surface area (Å²) < 4.78 is 7.51. The summed E-state index contributed by atoms with van der Waals surface area (Å²) in [5, 5.41) is 5.43. The van der Waals surface area contributed by atoms with E-state index >= 15 is 0 Å². The minimum absolute atomic E-state index is 0.158. The number of carbonyl (C=O) groups excluding carboxylic acids is 1. The predicted molar refractivity (Wildman–Crippen MR) is 132 cm³/mol. The quantitative estimate of drug-likeness (QED) is 0.349. The van der Waals surface area contributed by atoms with Crippen molar-refractivity contribution in [3.8, 4) is 17.0 Å². The molecule has 5 heteroatoms. The minimum atomic E-state index is -0.158. The van der Waals surface area contributed by atoms with E-state index in [1.54, 1.807) is 0 Å². The second-order valence-electron chi connectivity index (χ2n) is 8.59. The van der Waals surface area contributed by atoms with Crippen LogP contribution in [-0.4, -0.2) is 46.8 Å². The molecule has 4 aromatic rings.